The first-order valence-electron chi connectivity index (χ1n) is 8.98. The smallest absolute Gasteiger partial charge is 0.560 e. The number of halogens is 3. The molecule has 0 aliphatic carbocycles. The normalized spacial score (nSPS) is 15.4. The van der Waals surface area contributed by atoms with Gasteiger partial charge in [0.25, 0.3) is 5.91 Å². The van der Waals surface area contributed by atoms with Crippen LogP contribution < -0.4 is 62.0 Å². The SMILES string of the molecule is CC(N[C-]=CN=C1C=[N+](C)[CH-]1)c1cccc(NC(=O)c2cncc(C(F)(F)F)c2)c1.[K+]. The van der Waals surface area contributed by atoms with E-state index in [0.29, 0.717) is 11.9 Å². The number of aromatic nitrogens is 1. The predicted octanol–water partition coefficient (Wildman–Crippen LogP) is 0.611. The van der Waals surface area contributed by atoms with E-state index in [0.717, 1.165) is 23.5 Å². The van der Waals surface area contributed by atoms with Gasteiger partial charge in [0.2, 0.25) is 0 Å². The van der Waals surface area contributed by atoms with Gasteiger partial charge in [-0.25, -0.2) is 0 Å². The summed E-state index contributed by atoms with van der Waals surface area (Å²) in [5.74, 6) is -0.674. The van der Waals surface area contributed by atoms with Gasteiger partial charge in [-0.15, -0.1) is 6.20 Å². The molecule has 6 nitrogen and oxygen atoms in total. The standard InChI is InChI=1S/C21H19F3N5O.K/c1-14(26-6-7-27-19-12-29(2)13-19)15-4-3-5-18(9-15)28-20(30)16-8-17(11-25-10-16)21(22,23)24;/h3-5,7-14,26H,1-2H3,(H,28,30);/q-1;+1. The zero-order valence-electron chi connectivity index (χ0n) is 17.2. The molecule has 31 heavy (non-hydrogen) atoms. The Morgan fingerprint density at radius 2 is 2.06 bits per heavy atom. The molecular weight excluding hydrogens is 434 g/mol. The van der Waals surface area contributed by atoms with Crippen molar-refractivity contribution in [2.75, 3.05) is 12.4 Å². The van der Waals surface area contributed by atoms with Gasteiger partial charge in [-0.3, -0.25) is 9.78 Å². The first kappa shape index (κ1) is 25.3. The van der Waals surface area contributed by atoms with Crippen molar-refractivity contribution in [3.63, 3.8) is 0 Å². The molecule has 1 aliphatic rings. The zero-order valence-corrected chi connectivity index (χ0v) is 20.4. The first-order chi connectivity index (χ1) is 14.2. The molecule has 0 radical (unpaired) electrons. The number of rotatable bonds is 6. The minimum absolute atomic E-state index is 0. The molecule has 0 spiro atoms. The van der Waals surface area contributed by atoms with Gasteiger partial charge in [0, 0.05) is 24.1 Å². The molecule has 0 saturated heterocycles. The summed E-state index contributed by atoms with van der Waals surface area (Å²) in [6, 6.07) is 7.62. The number of amides is 1. The van der Waals surface area contributed by atoms with Gasteiger partial charge in [0.15, 0.2) is 0 Å². The second-order valence-corrected chi connectivity index (χ2v) is 6.66. The minimum Gasteiger partial charge on any atom is -0.560 e. The quantitative estimate of drug-likeness (QED) is 0.292. The van der Waals surface area contributed by atoms with Crippen LogP contribution in [-0.4, -0.2) is 34.4 Å². The topological polar surface area (TPSA) is 69.4 Å². The average Bonchev–Trinajstić information content (AvgIpc) is 2.69. The second-order valence-electron chi connectivity index (χ2n) is 6.66. The first-order valence-corrected chi connectivity index (χ1v) is 8.98. The molecule has 1 aromatic heterocycles. The largest absolute Gasteiger partial charge is 1.00 e. The van der Waals surface area contributed by atoms with Crippen LogP contribution in [0.25, 0.3) is 0 Å². The van der Waals surface area contributed by atoms with E-state index in [4.69, 9.17) is 0 Å². The molecule has 2 heterocycles. The summed E-state index contributed by atoms with van der Waals surface area (Å²) in [4.78, 5) is 20.0. The monoisotopic (exact) mass is 453 g/mol. The van der Waals surface area contributed by atoms with Crippen molar-refractivity contribution in [2.24, 2.45) is 4.99 Å². The summed E-state index contributed by atoms with van der Waals surface area (Å²) in [5.41, 5.74) is 0.996. The molecule has 2 aromatic rings. The number of hydrogen-bond acceptors (Lipinski definition) is 4. The van der Waals surface area contributed by atoms with Crippen LogP contribution in [-0.2, 0) is 6.18 Å². The Morgan fingerprint density at radius 3 is 2.74 bits per heavy atom. The Hall–Kier alpha value is -1.98. The van der Waals surface area contributed by atoms with Crippen LogP contribution in [0.3, 0.4) is 0 Å². The molecule has 10 heteroatoms. The number of carbonyl (C=O) groups excluding carboxylic acids is 1. The van der Waals surface area contributed by atoms with E-state index in [1.165, 1.54) is 6.20 Å². The summed E-state index contributed by atoms with van der Waals surface area (Å²) in [6.45, 7) is 3.77. The summed E-state index contributed by atoms with van der Waals surface area (Å²) in [5, 5.41) is 5.64. The van der Waals surface area contributed by atoms with Gasteiger partial charge < -0.3 is 26.4 Å². The number of carbonyl (C=O) groups is 1. The molecule has 0 saturated carbocycles. The van der Waals surface area contributed by atoms with Crippen LogP contribution in [0, 0.1) is 12.7 Å². The molecule has 1 aliphatic heterocycles. The van der Waals surface area contributed by atoms with E-state index < -0.39 is 17.6 Å². The third-order valence-electron chi connectivity index (χ3n) is 4.22. The number of alkyl halides is 3. The van der Waals surface area contributed by atoms with Crippen molar-refractivity contribution in [3.8, 4) is 0 Å². The third-order valence-corrected chi connectivity index (χ3v) is 4.22. The zero-order chi connectivity index (χ0) is 21.7. The van der Waals surface area contributed by atoms with Crippen molar-refractivity contribution in [1.82, 2.24) is 10.3 Å². The third kappa shape index (κ3) is 7.29. The number of anilines is 1. The minimum atomic E-state index is -4.57. The van der Waals surface area contributed by atoms with Gasteiger partial charge >= 0.3 is 57.6 Å². The molecule has 0 fully saturated rings. The molecule has 0 bridgehead atoms. The van der Waals surface area contributed by atoms with Gasteiger partial charge in [0.05, 0.1) is 29.6 Å². The maximum absolute atomic E-state index is 12.8. The number of nitrogens with zero attached hydrogens (tertiary/aromatic N) is 3. The van der Waals surface area contributed by atoms with Crippen LogP contribution in [0.1, 0.15) is 34.5 Å². The number of benzene rings is 1. The van der Waals surface area contributed by atoms with Crippen molar-refractivity contribution in [3.05, 3.63) is 78.4 Å². The van der Waals surface area contributed by atoms with Crippen molar-refractivity contribution >= 4 is 23.5 Å². The molecule has 1 atom stereocenters. The molecule has 1 aromatic carbocycles. The molecule has 2 N–H and O–H groups in total. The maximum atomic E-state index is 12.8. The fourth-order valence-electron chi connectivity index (χ4n) is 2.63. The van der Waals surface area contributed by atoms with E-state index in [1.807, 2.05) is 37.4 Å². The summed E-state index contributed by atoms with van der Waals surface area (Å²) < 4.78 is 40.3. The van der Waals surface area contributed by atoms with Gasteiger partial charge in [0.1, 0.15) is 7.05 Å². The number of pyridine rings is 1. The van der Waals surface area contributed by atoms with Crippen molar-refractivity contribution < 1.29 is 73.9 Å². The Balaban J connectivity index is 0.00000341. The van der Waals surface area contributed by atoms with Crippen LogP contribution in [0.4, 0.5) is 18.9 Å². The average molecular weight is 454 g/mol. The Bertz CT molecular complexity index is 1030. The molecule has 1 amide bonds. The van der Waals surface area contributed by atoms with Gasteiger partial charge in [-0.1, -0.05) is 12.1 Å². The summed E-state index contributed by atoms with van der Waals surface area (Å²) in [7, 11) is 1.90. The molecular formula is C21H19F3KN5O. The Morgan fingerprint density at radius 1 is 1.32 bits per heavy atom. The number of hydrogen-bond donors (Lipinski definition) is 2. The van der Waals surface area contributed by atoms with E-state index in [9.17, 15) is 18.0 Å². The number of nitrogens with one attached hydrogen (secondary N) is 2. The van der Waals surface area contributed by atoms with Crippen LogP contribution in [0.2, 0.25) is 0 Å². The molecule has 1 unspecified atom stereocenters. The van der Waals surface area contributed by atoms with Gasteiger partial charge in [-0.2, -0.15) is 13.2 Å². The van der Waals surface area contributed by atoms with E-state index >= 15 is 0 Å². The van der Waals surface area contributed by atoms with E-state index in [-0.39, 0.29) is 63.0 Å². The van der Waals surface area contributed by atoms with Crippen LogP contribution >= 0.6 is 0 Å². The predicted molar refractivity (Wildman–Crippen MR) is 107 cm³/mol. The molecule has 3 rings (SSSR count). The summed E-state index contributed by atoms with van der Waals surface area (Å²) >= 11 is 0. The van der Waals surface area contributed by atoms with Crippen LogP contribution in [0.5, 0.6) is 0 Å². The number of aliphatic imine (C=N–C) groups is 1. The fourth-order valence-corrected chi connectivity index (χ4v) is 2.63. The summed E-state index contributed by atoms with van der Waals surface area (Å²) in [6.07, 6.45) is 3.48. The second kappa shape index (κ2) is 11.1. The van der Waals surface area contributed by atoms with Crippen molar-refractivity contribution in [2.45, 2.75) is 19.1 Å². The van der Waals surface area contributed by atoms with E-state index in [1.54, 1.807) is 18.2 Å². The van der Waals surface area contributed by atoms with E-state index in [2.05, 4.69) is 26.8 Å². The van der Waals surface area contributed by atoms with Crippen molar-refractivity contribution in [1.29, 1.82) is 0 Å². The fraction of sp³-hybridized carbons (Fsp3) is 0.190. The van der Waals surface area contributed by atoms with Gasteiger partial charge in [-0.05, 0) is 30.7 Å². The maximum Gasteiger partial charge on any atom is 1.00 e. The Labute approximate surface area is 220 Å². The van der Waals surface area contributed by atoms with Crippen LogP contribution in [0.15, 0.2) is 53.9 Å². The Kier molecular flexibility index (Phi) is 9.01. The molecule has 156 valence electrons.